The van der Waals surface area contributed by atoms with Crippen molar-refractivity contribution in [1.29, 1.82) is 0 Å². The zero-order chi connectivity index (χ0) is 21.1. The Bertz CT molecular complexity index is 681. The van der Waals surface area contributed by atoms with Gasteiger partial charge in [-0.25, -0.2) is 0 Å². The third-order valence-corrected chi connectivity index (χ3v) is 8.70. The lowest BCUT2D eigenvalue weighted by atomic mass is 9.60. The normalized spacial score (nSPS) is 34.9. The van der Waals surface area contributed by atoms with Gasteiger partial charge in [0, 0.05) is 0 Å². The summed E-state index contributed by atoms with van der Waals surface area (Å²) in [5, 5.41) is 0. The molecule has 0 aromatic heterocycles. The lowest BCUT2D eigenvalue weighted by Gasteiger charge is -2.45. The molecule has 0 spiro atoms. The maximum absolute atomic E-state index is 12.8. The van der Waals surface area contributed by atoms with Gasteiger partial charge in [-0.1, -0.05) is 31.1 Å². The average Bonchev–Trinajstić information content (AvgIpc) is 2.77. The Balaban J connectivity index is 1.27. The zero-order valence-electron chi connectivity index (χ0n) is 18.2. The van der Waals surface area contributed by atoms with E-state index in [1.54, 1.807) is 12.1 Å². The molecule has 166 valence electrons. The van der Waals surface area contributed by atoms with Crippen molar-refractivity contribution in [2.24, 2.45) is 29.6 Å². The number of fused-ring (bicyclic) bond motifs is 1. The largest absolute Gasteiger partial charge is 0.416 e. The van der Waals surface area contributed by atoms with Gasteiger partial charge in [-0.3, -0.25) is 0 Å². The highest BCUT2D eigenvalue weighted by Gasteiger charge is 2.39. The second-order valence-corrected chi connectivity index (χ2v) is 10.4. The highest BCUT2D eigenvalue weighted by Crippen LogP contribution is 2.51. The van der Waals surface area contributed by atoms with Crippen LogP contribution in [0, 0.1) is 29.6 Å². The molecule has 0 saturated heterocycles. The monoisotopic (exact) mass is 418 g/mol. The Labute approximate surface area is 180 Å². The molecule has 4 atom stereocenters. The fourth-order valence-corrected chi connectivity index (χ4v) is 6.90. The molecule has 0 aliphatic heterocycles. The Morgan fingerprint density at radius 1 is 0.767 bits per heavy atom. The van der Waals surface area contributed by atoms with Crippen LogP contribution in [-0.2, 0) is 6.18 Å². The molecule has 0 N–H and O–H groups in total. The minimum Gasteiger partial charge on any atom is -0.166 e. The molecule has 3 aliphatic rings. The molecule has 0 radical (unpaired) electrons. The molecule has 30 heavy (non-hydrogen) atoms. The van der Waals surface area contributed by atoms with Gasteiger partial charge in [0.15, 0.2) is 0 Å². The molecule has 4 rings (SSSR count). The number of rotatable bonds is 5. The first kappa shape index (κ1) is 22.0. The molecule has 3 fully saturated rings. The highest BCUT2D eigenvalue weighted by atomic mass is 19.4. The predicted octanol–water partition coefficient (Wildman–Crippen LogP) is 8.78. The van der Waals surface area contributed by atoms with Crippen LogP contribution in [0.15, 0.2) is 36.9 Å². The van der Waals surface area contributed by atoms with Crippen LogP contribution in [0.1, 0.15) is 94.1 Å². The molecule has 1 aromatic rings. The van der Waals surface area contributed by atoms with E-state index in [1.807, 2.05) is 0 Å². The van der Waals surface area contributed by atoms with E-state index in [9.17, 15) is 13.2 Å². The molecule has 3 saturated carbocycles. The van der Waals surface area contributed by atoms with E-state index in [0.717, 1.165) is 41.6 Å². The molecule has 3 aliphatic carbocycles. The first-order valence-electron chi connectivity index (χ1n) is 12.2. The minimum absolute atomic E-state index is 0.449. The standard InChI is InChI=1S/C27H37F3/c1-2-3-4-19-5-7-20(8-6-19)22-9-11-25-18-23(10-12-24(25)17-22)21-13-15-26(16-14-21)27(28,29)30/h2,13-16,19-20,22-25H,1,3-12,17-18H2. The lowest BCUT2D eigenvalue weighted by molar-refractivity contribution is -0.137. The van der Waals surface area contributed by atoms with Crippen LogP contribution < -0.4 is 0 Å². The van der Waals surface area contributed by atoms with Crippen LogP contribution in [0.4, 0.5) is 13.2 Å². The Hall–Kier alpha value is -1.25. The minimum atomic E-state index is -4.24. The summed E-state index contributed by atoms with van der Waals surface area (Å²) in [6, 6.07) is 5.99. The topological polar surface area (TPSA) is 0 Å². The fraction of sp³-hybridized carbons (Fsp3) is 0.704. The van der Waals surface area contributed by atoms with Crippen LogP contribution >= 0.6 is 0 Å². The summed E-state index contributed by atoms with van der Waals surface area (Å²) in [7, 11) is 0. The van der Waals surface area contributed by atoms with E-state index in [4.69, 9.17) is 0 Å². The SMILES string of the molecule is C=CCCC1CCC(C2CCC3CC(c4ccc(C(F)(F)F)cc4)CCC3C2)CC1. The Morgan fingerprint density at radius 2 is 1.33 bits per heavy atom. The van der Waals surface area contributed by atoms with E-state index < -0.39 is 11.7 Å². The van der Waals surface area contributed by atoms with Crippen molar-refractivity contribution in [3.8, 4) is 0 Å². The summed E-state index contributed by atoms with van der Waals surface area (Å²) in [5.41, 5.74) is 0.584. The molecule has 4 unspecified atom stereocenters. The number of benzene rings is 1. The quantitative estimate of drug-likeness (QED) is 0.419. The van der Waals surface area contributed by atoms with Crippen molar-refractivity contribution < 1.29 is 13.2 Å². The van der Waals surface area contributed by atoms with E-state index in [2.05, 4.69) is 12.7 Å². The fourth-order valence-electron chi connectivity index (χ4n) is 6.90. The van der Waals surface area contributed by atoms with Crippen LogP contribution in [0.25, 0.3) is 0 Å². The first-order valence-corrected chi connectivity index (χ1v) is 12.2. The third kappa shape index (κ3) is 5.14. The summed E-state index contributed by atoms with van der Waals surface area (Å²) in [5.74, 6) is 4.88. The second-order valence-electron chi connectivity index (χ2n) is 10.4. The molecule has 0 bridgehead atoms. The summed E-state index contributed by atoms with van der Waals surface area (Å²) in [4.78, 5) is 0. The average molecular weight is 419 g/mol. The third-order valence-electron chi connectivity index (χ3n) is 8.70. The molecule has 1 aromatic carbocycles. The van der Waals surface area contributed by atoms with E-state index in [1.165, 1.54) is 82.8 Å². The summed E-state index contributed by atoms with van der Waals surface area (Å²) in [6.45, 7) is 3.86. The number of hydrogen-bond acceptors (Lipinski definition) is 0. The maximum Gasteiger partial charge on any atom is 0.416 e. The molecular formula is C27H37F3. The molecule has 3 heteroatoms. The Kier molecular flexibility index (Phi) is 6.95. The number of allylic oxidation sites excluding steroid dienone is 1. The van der Waals surface area contributed by atoms with Gasteiger partial charge < -0.3 is 0 Å². The summed E-state index contributed by atoms with van der Waals surface area (Å²) < 4.78 is 38.5. The number of alkyl halides is 3. The van der Waals surface area contributed by atoms with Crippen molar-refractivity contribution in [2.75, 3.05) is 0 Å². The molecular weight excluding hydrogens is 381 g/mol. The van der Waals surface area contributed by atoms with E-state index in [-0.39, 0.29) is 0 Å². The lowest BCUT2D eigenvalue weighted by Crippen LogP contribution is -2.34. The second kappa shape index (κ2) is 9.49. The van der Waals surface area contributed by atoms with Gasteiger partial charge >= 0.3 is 6.18 Å². The van der Waals surface area contributed by atoms with E-state index >= 15 is 0 Å². The molecule has 0 nitrogen and oxygen atoms in total. The van der Waals surface area contributed by atoms with Crippen LogP contribution in [-0.4, -0.2) is 0 Å². The van der Waals surface area contributed by atoms with Gasteiger partial charge in [0.25, 0.3) is 0 Å². The number of hydrogen-bond donors (Lipinski definition) is 0. The van der Waals surface area contributed by atoms with Gasteiger partial charge in [-0.05, 0) is 117 Å². The van der Waals surface area contributed by atoms with Crippen molar-refractivity contribution in [3.05, 3.63) is 48.0 Å². The molecule has 0 heterocycles. The first-order chi connectivity index (χ1) is 14.4. The van der Waals surface area contributed by atoms with Gasteiger partial charge in [0.2, 0.25) is 0 Å². The summed E-state index contributed by atoms with van der Waals surface area (Å²) >= 11 is 0. The van der Waals surface area contributed by atoms with Gasteiger partial charge in [0.1, 0.15) is 0 Å². The summed E-state index contributed by atoms with van der Waals surface area (Å²) in [6.07, 6.45) is 13.7. The van der Waals surface area contributed by atoms with Crippen LogP contribution in [0.2, 0.25) is 0 Å². The van der Waals surface area contributed by atoms with Crippen LogP contribution in [0.5, 0.6) is 0 Å². The van der Waals surface area contributed by atoms with Crippen molar-refractivity contribution in [3.63, 3.8) is 0 Å². The van der Waals surface area contributed by atoms with Crippen molar-refractivity contribution in [2.45, 2.75) is 89.1 Å². The van der Waals surface area contributed by atoms with Crippen LogP contribution in [0.3, 0.4) is 0 Å². The van der Waals surface area contributed by atoms with Crippen molar-refractivity contribution >= 4 is 0 Å². The smallest absolute Gasteiger partial charge is 0.166 e. The maximum atomic E-state index is 12.8. The predicted molar refractivity (Wildman–Crippen MR) is 117 cm³/mol. The van der Waals surface area contributed by atoms with E-state index in [0.29, 0.717) is 5.92 Å². The molecule has 0 amide bonds. The number of halogens is 3. The van der Waals surface area contributed by atoms with Gasteiger partial charge in [-0.15, -0.1) is 6.58 Å². The van der Waals surface area contributed by atoms with Gasteiger partial charge in [0.05, 0.1) is 5.56 Å². The van der Waals surface area contributed by atoms with Gasteiger partial charge in [-0.2, -0.15) is 13.2 Å². The Morgan fingerprint density at radius 3 is 1.97 bits per heavy atom. The highest BCUT2D eigenvalue weighted by molar-refractivity contribution is 5.27. The zero-order valence-corrected chi connectivity index (χ0v) is 18.2. The van der Waals surface area contributed by atoms with Crippen molar-refractivity contribution in [1.82, 2.24) is 0 Å².